The maximum Gasteiger partial charge on any atom is 0.272 e. The minimum Gasteiger partial charge on any atom is -0.386 e. The number of halogens is 1. The molecule has 0 saturated heterocycles. The van der Waals surface area contributed by atoms with Crippen molar-refractivity contribution in [1.29, 1.82) is 5.26 Å². The van der Waals surface area contributed by atoms with E-state index in [4.69, 9.17) is 10.4 Å². The van der Waals surface area contributed by atoms with Gasteiger partial charge in [0, 0.05) is 24.5 Å². The van der Waals surface area contributed by atoms with Crippen LogP contribution in [0.2, 0.25) is 0 Å². The first-order valence-electron chi connectivity index (χ1n) is 8.97. The first-order valence-corrected chi connectivity index (χ1v) is 10.5. The average molecular weight is 434 g/mol. The van der Waals surface area contributed by atoms with Crippen LogP contribution in [-0.4, -0.2) is 29.6 Å². The molecule has 0 aliphatic rings. The number of aromatic nitrogens is 1. The molecule has 8 nitrogen and oxygen atoms in total. The SMILES string of the molecule is C=CC(C)(O)CCCc1c(S(N)(=O)=O)cn(C)c1C(=O)Nc1ccc(F)c(C#N)c1. The highest BCUT2D eigenvalue weighted by molar-refractivity contribution is 7.89. The van der Waals surface area contributed by atoms with E-state index in [9.17, 15) is 22.7 Å². The molecule has 10 heteroatoms. The molecule has 1 aromatic carbocycles. The Morgan fingerprint density at radius 1 is 1.50 bits per heavy atom. The predicted molar refractivity (Wildman–Crippen MR) is 110 cm³/mol. The van der Waals surface area contributed by atoms with Crippen molar-refractivity contribution in [3.8, 4) is 6.07 Å². The standard InChI is InChI=1S/C20H23FN4O4S/c1-4-20(2,27)9-5-6-15-17(30(23,28)29)12-25(3)18(15)19(26)24-14-7-8-16(21)13(10-14)11-22/h4,7-8,10,12,27H,1,5-6,9H2,2-3H3,(H,24,26)(H2,23,28,29). The predicted octanol–water partition coefficient (Wildman–Crippen LogP) is 2.20. The van der Waals surface area contributed by atoms with Crippen molar-refractivity contribution in [2.24, 2.45) is 12.2 Å². The summed E-state index contributed by atoms with van der Waals surface area (Å²) in [5.41, 5.74) is -0.936. The van der Waals surface area contributed by atoms with Gasteiger partial charge >= 0.3 is 0 Å². The number of nitrogens with zero attached hydrogens (tertiary/aromatic N) is 2. The lowest BCUT2D eigenvalue weighted by Crippen LogP contribution is -2.21. The lowest BCUT2D eigenvalue weighted by Gasteiger charge is -2.18. The lowest BCUT2D eigenvalue weighted by molar-refractivity contribution is 0.0997. The van der Waals surface area contributed by atoms with Crippen molar-refractivity contribution in [1.82, 2.24) is 4.57 Å². The number of nitrogens with two attached hydrogens (primary N) is 1. The third-order valence-corrected chi connectivity index (χ3v) is 5.63. The van der Waals surface area contributed by atoms with Gasteiger partial charge in [0.25, 0.3) is 5.91 Å². The monoisotopic (exact) mass is 434 g/mol. The zero-order valence-electron chi connectivity index (χ0n) is 16.6. The summed E-state index contributed by atoms with van der Waals surface area (Å²) in [4.78, 5) is 12.7. The highest BCUT2D eigenvalue weighted by Gasteiger charge is 2.26. The fourth-order valence-corrected chi connectivity index (χ4v) is 3.88. The van der Waals surface area contributed by atoms with Crippen LogP contribution in [0.5, 0.6) is 0 Å². The molecule has 4 N–H and O–H groups in total. The van der Waals surface area contributed by atoms with Gasteiger partial charge < -0.3 is 15.0 Å². The van der Waals surface area contributed by atoms with E-state index in [1.165, 1.54) is 36.0 Å². The van der Waals surface area contributed by atoms with Crippen LogP contribution in [0.4, 0.5) is 10.1 Å². The number of anilines is 1. The molecule has 160 valence electrons. The number of hydrogen-bond donors (Lipinski definition) is 3. The van der Waals surface area contributed by atoms with Crippen LogP contribution in [-0.2, 0) is 23.5 Å². The molecule has 1 aromatic heterocycles. The van der Waals surface area contributed by atoms with Gasteiger partial charge in [-0.3, -0.25) is 4.79 Å². The van der Waals surface area contributed by atoms with Crippen molar-refractivity contribution in [3.05, 3.63) is 59.7 Å². The molecule has 0 aliphatic carbocycles. The van der Waals surface area contributed by atoms with Gasteiger partial charge in [0.05, 0.1) is 11.2 Å². The number of hydrogen-bond acceptors (Lipinski definition) is 5. The zero-order valence-corrected chi connectivity index (χ0v) is 17.5. The minimum atomic E-state index is -4.11. The second kappa shape index (κ2) is 8.79. The summed E-state index contributed by atoms with van der Waals surface area (Å²) in [6, 6.07) is 5.20. The molecule has 1 heterocycles. The van der Waals surface area contributed by atoms with Gasteiger partial charge in [-0.15, -0.1) is 6.58 Å². The molecular formula is C20H23FN4O4S. The highest BCUT2D eigenvalue weighted by atomic mass is 32.2. The van der Waals surface area contributed by atoms with Crippen LogP contribution in [0, 0.1) is 17.1 Å². The van der Waals surface area contributed by atoms with E-state index in [1.54, 1.807) is 13.0 Å². The van der Waals surface area contributed by atoms with Gasteiger partial charge in [0.1, 0.15) is 22.5 Å². The number of primary sulfonamides is 1. The Labute approximate surface area is 174 Å². The Balaban J connectivity index is 2.40. The Morgan fingerprint density at radius 3 is 2.73 bits per heavy atom. The molecule has 0 spiro atoms. The summed E-state index contributed by atoms with van der Waals surface area (Å²) in [5.74, 6) is -1.37. The molecule has 2 rings (SSSR count). The maximum absolute atomic E-state index is 13.5. The second-order valence-electron chi connectivity index (χ2n) is 7.15. The van der Waals surface area contributed by atoms with Gasteiger partial charge in [-0.2, -0.15) is 5.26 Å². The van der Waals surface area contributed by atoms with Crippen LogP contribution in [0.25, 0.3) is 0 Å². The third kappa shape index (κ3) is 5.33. The van der Waals surface area contributed by atoms with Crippen LogP contribution < -0.4 is 10.5 Å². The van der Waals surface area contributed by atoms with E-state index < -0.39 is 27.3 Å². The number of amides is 1. The highest BCUT2D eigenvalue weighted by Crippen LogP contribution is 2.26. The molecule has 0 saturated carbocycles. The van der Waals surface area contributed by atoms with Crippen molar-refractivity contribution in [2.45, 2.75) is 36.7 Å². The summed E-state index contributed by atoms with van der Waals surface area (Å²) in [6.07, 6.45) is 3.44. The van der Waals surface area contributed by atoms with Gasteiger partial charge in [-0.1, -0.05) is 6.08 Å². The van der Waals surface area contributed by atoms with Gasteiger partial charge in [0.2, 0.25) is 10.0 Å². The number of carbonyl (C=O) groups excluding carboxylic acids is 1. The number of carbonyl (C=O) groups is 1. The van der Waals surface area contributed by atoms with E-state index in [-0.39, 0.29) is 33.8 Å². The normalized spacial score (nSPS) is 13.3. The van der Waals surface area contributed by atoms with Crippen molar-refractivity contribution in [2.75, 3.05) is 5.32 Å². The molecule has 0 bridgehead atoms. The van der Waals surface area contributed by atoms with Crippen LogP contribution in [0.15, 0.2) is 41.9 Å². The van der Waals surface area contributed by atoms with Crippen molar-refractivity contribution < 1.29 is 22.7 Å². The van der Waals surface area contributed by atoms with Crippen LogP contribution in [0.3, 0.4) is 0 Å². The number of nitriles is 1. The van der Waals surface area contributed by atoms with Crippen LogP contribution in [0.1, 0.15) is 41.4 Å². The smallest absolute Gasteiger partial charge is 0.272 e. The second-order valence-corrected chi connectivity index (χ2v) is 8.68. The number of nitrogens with one attached hydrogen (secondary N) is 1. The molecule has 2 aromatic rings. The quantitative estimate of drug-likeness (QED) is 0.547. The first kappa shape index (κ1) is 23.3. The molecule has 0 aliphatic heterocycles. The molecule has 1 unspecified atom stereocenters. The number of aliphatic hydroxyl groups is 1. The lowest BCUT2D eigenvalue weighted by atomic mass is 9.97. The van der Waals surface area contributed by atoms with Gasteiger partial charge in [-0.05, 0) is 44.4 Å². The molecule has 30 heavy (non-hydrogen) atoms. The Morgan fingerprint density at radius 2 is 2.17 bits per heavy atom. The number of aryl methyl sites for hydroxylation is 1. The van der Waals surface area contributed by atoms with E-state index >= 15 is 0 Å². The Bertz CT molecular complexity index is 1130. The fourth-order valence-electron chi connectivity index (χ4n) is 3.04. The van der Waals surface area contributed by atoms with Gasteiger partial charge in [-0.25, -0.2) is 17.9 Å². The fraction of sp³-hybridized carbons (Fsp3) is 0.300. The summed E-state index contributed by atoms with van der Waals surface area (Å²) >= 11 is 0. The van der Waals surface area contributed by atoms with Crippen LogP contribution >= 0.6 is 0 Å². The number of sulfonamides is 1. The van der Waals surface area contributed by atoms with Crippen molar-refractivity contribution >= 4 is 21.6 Å². The largest absolute Gasteiger partial charge is 0.386 e. The molecule has 0 fully saturated rings. The third-order valence-electron chi connectivity index (χ3n) is 4.66. The van der Waals surface area contributed by atoms with Crippen molar-refractivity contribution in [3.63, 3.8) is 0 Å². The summed E-state index contributed by atoms with van der Waals surface area (Å²) < 4.78 is 38.9. The average Bonchev–Trinajstić information content (AvgIpc) is 2.99. The minimum absolute atomic E-state index is 0.0557. The topological polar surface area (TPSA) is 138 Å². The number of rotatable bonds is 8. The molecule has 0 radical (unpaired) electrons. The van der Waals surface area contributed by atoms with E-state index in [2.05, 4.69) is 11.9 Å². The Kier molecular flexibility index (Phi) is 6.82. The number of benzene rings is 1. The molecule has 1 atom stereocenters. The first-order chi connectivity index (χ1) is 13.9. The molecule has 1 amide bonds. The summed E-state index contributed by atoms with van der Waals surface area (Å²) in [6.45, 7) is 5.12. The molecular weight excluding hydrogens is 411 g/mol. The van der Waals surface area contributed by atoms with E-state index in [0.29, 0.717) is 12.8 Å². The Hall–Kier alpha value is -3.00. The van der Waals surface area contributed by atoms with Gasteiger partial charge in [0.15, 0.2) is 0 Å². The summed E-state index contributed by atoms with van der Waals surface area (Å²) in [5, 5.41) is 26.9. The maximum atomic E-state index is 13.5. The van der Waals surface area contributed by atoms with E-state index in [0.717, 1.165) is 6.07 Å². The summed E-state index contributed by atoms with van der Waals surface area (Å²) in [7, 11) is -2.61. The zero-order chi connectivity index (χ0) is 22.7. The van der Waals surface area contributed by atoms with E-state index in [1.807, 2.05) is 0 Å².